The number of hydrogen-bond donors (Lipinski definition) is 1. The molecule has 1 N–H and O–H groups in total. The number of aliphatic hydroxyl groups is 1. The lowest BCUT2D eigenvalue weighted by molar-refractivity contribution is 0.0655. The Bertz CT molecular complexity index is 660. The van der Waals surface area contributed by atoms with Crippen LogP contribution in [0.25, 0.3) is 0 Å². The Hall–Kier alpha value is -0.910. The molecule has 1 aliphatic rings. The second-order valence-corrected chi connectivity index (χ2v) is 6.48. The third-order valence-electron chi connectivity index (χ3n) is 3.35. The zero-order valence-corrected chi connectivity index (χ0v) is 13.5. The first-order valence-corrected chi connectivity index (χ1v) is 7.72. The van der Waals surface area contributed by atoms with E-state index in [0.717, 1.165) is 15.6 Å². The molecular formula is C15H11Br2FO2. The summed E-state index contributed by atoms with van der Waals surface area (Å²) in [4.78, 5) is 0. The smallest absolute Gasteiger partial charge is 0.137 e. The lowest BCUT2D eigenvalue weighted by Crippen LogP contribution is -2.19. The topological polar surface area (TPSA) is 29.5 Å². The maximum Gasteiger partial charge on any atom is 0.137 e. The number of ether oxygens (including phenoxy) is 1. The number of hydrogen-bond acceptors (Lipinski definition) is 2. The standard InChI is InChI=1S/C15H11Br2FO2/c16-9-2-4-14-10(6-9)13(19)7-15(20-14)8-1-3-11(17)12(18)5-8/h1-6,13,15,19H,7H2/t13-,15?/m1/s1. The number of fused-ring (bicyclic) bond motifs is 1. The number of aliphatic hydroxyl groups excluding tert-OH is 1. The van der Waals surface area contributed by atoms with Crippen molar-refractivity contribution in [2.24, 2.45) is 0 Å². The van der Waals surface area contributed by atoms with Crippen LogP contribution in [0.2, 0.25) is 0 Å². The molecule has 1 aliphatic heterocycles. The Morgan fingerprint density at radius 1 is 1.15 bits per heavy atom. The van der Waals surface area contributed by atoms with Gasteiger partial charge in [0.05, 0.1) is 10.6 Å². The van der Waals surface area contributed by atoms with Crippen LogP contribution in [0.3, 0.4) is 0 Å². The summed E-state index contributed by atoms with van der Waals surface area (Å²) in [6, 6.07) is 10.4. The van der Waals surface area contributed by atoms with Crippen molar-refractivity contribution in [1.82, 2.24) is 0 Å². The van der Waals surface area contributed by atoms with Crippen molar-refractivity contribution >= 4 is 31.9 Å². The SMILES string of the molecule is O[C@@H]1CC(c2ccc(Br)c(F)c2)Oc2ccc(Br)cc21. The summed E-state index contributed by atoms with van der Waals surface area (Å²) >= 11 is 6.50. The Balaban J connectivity index is 1.94. The molecule has 3 rings (SSSR count). The minimum atomic E-state index is -0.618. The molecule has 2 atom stereocenters. The second-order valence-electron chi connectivity index (χ2n) is 4.71. The molecule has 0 aliphatic carbocycles. The normalized spacial score (nSPS) is 21.2. The predicted octanol–water partition coefficient (Wildman–Crippen LogP) is 4.91. The molecule has 0 radical (unpaired) electrons. The van der Waals surface area contributed by atoms with E-state index in [1.54, 1.807) is 12.1 Å². The van der Waals surface area contributed by atoms with Crippen LogP contribution >= 0.6 is 31.9 Å². The molecule has 2 aromatic rings. The van der Waals surface area contributed by atoms with E-state index < -0.39 is 6.10 Å². The van der Waals surface area contributed by atoms with Gasteiger partial charge in [-0.25, -0.2) is 4.39 Å². The van der Waals surface area contributed by atoms with E-state index in [1.165, 1.54) is 6.07 Å². The van der Waals surface area contributed by atoms with E-state index in [1.807, 2.05) is 18.2 Å². The Labute approximate surface area is 132 Å². The van der Waals surface area contributed by atoms with Gasteiger partial charge in [0.25, 0.3) is 0 Å². The first-order valence-electron chi connectivity index (χ1n) is 6.13. The van der Waals surface area contributed by atoms with Crippen molar-refractivity contribution in [1.29, 1.82) is 0 Å². The first kappa shape index (κ1) is 14.0. The molecule has 20 heavy (non-hydrogen) atoms. The van der Waals surface area contributed by atoms with Crippen LogP contribution in [0, 0.1) is 5.82 Å². The van der Waals surface area contributed by atoms with E-state index in [0.29, 0.717) is 16.6 Å². The average Bonchev–Trinajstić information content (AvgIpc) is 2.42. The van der Waals surface area contributed by atoms with E-state index >= 15 is 0 Å². The van der Waals surface area contributed by atoms with Crippen LogP contribution in [0.1, 0.15) is 29.8 Å². The van der Waals surface area contributed by atoms with Crippen LogP contribution in [0.15, 0.2) is 45.3 Å². The molecule has 0 spiro atoms. The van der Waals surface area contributed by atoms with Gasteiger partial charge in [0.1, 0.15) is 17.7 Å². The van der Waals surface area contributed by atoms with Crippen LogP contribution in [0.5, 0.6) is 5.75 Å². The highest BCUT2D eigenvalue weighted by Crippen LogP contribution is 2.42. The summed E-state index contributed by atoms with van der Waals surface area (Å²) in [5.41, 5.74) is 1.48. The fraction of sp³-hybridized carbons (Fsp3) is 0.200. The molecule has 0 bridgehead atoms. The zero-order chi connectivity index (χ0) is 14.3. The third kappa shape index (κ3) is 2.62. The van der Waals surface area contributed by atoms with Crippen molar-refractivity contribution in [2.45, 2.75) is 18.6 Å². The summed E-state index contributed by atoms with van der Waals surface area (Å²) in [5, 5.41) is 10.2. The number of benzene rings is 2. The van der Waals surface area contributed by atoms with Gasteiger partial charge >= 0.3 is 0 Å². The molecule has 0 saturated heterocycles. The molecule has 2 aromatic carbocycles. The summed E-state index contributed by atoms with van der Waals surface area (Å²) in [7, 11) is 0. The monoisotopic (exact) mass is 400 g/mol. The fourth-order valence-corrected chi connectivity index (χ4v) is 2.96. The molecule has 5 heteroatoms. The van der Waals surface area contributed by atoms with Gasteiger partial charge in [-0.2, -0.15) is 0 Å². The van der Waals surface area contributed by atoms with E-state index in [4.69, 9.17) is 4.74 Å². The van der Waals surface area contributed by atoms with E-state index in [9.17, 15) is 9.50 Å². The quantitative estimate of drug-likeness (QED) is 0.735. The van der Waals surface area contributed by atoms with Gasteiger partial charge < -0.3 is 9.84 Å². The lowest BCUT2D eigenvalue weighted by atomic mass is 9.95. The fourth-order valence-electron chi connectivity index (χ4n) is 2.33. The summed E-state index contributed by atoms with van der Waals surface area (Å²) < 4.78 is 20.8. The first-order chi connectivity index (χ1) is 9.54. The molecular weight excluding hydrogens is 391 g/mol. The van der Waals surface area contributed by atoms with Gasteiger partial charge in [0.2, 0.25) is 0 Å². The number of rotatable bonds is 1. The van der Waals surface area contributed by atoms with Gasteiger partial charge in [-0.05, 0) is 51.8 Å². The Morgan fingerprint density at radius 3 is 2.70 bits per heavy atom. The van der Waals surface area contributed by atoms with Crippen molar-refractivity contribution in [3.05, 3.63) is 62.3 Å². The maximum absolute atomic E-state index is 13.6. The van der Waals surface area contributed by atoms with E-state index in [2.05, 4.69) is 31.9 Å². The molecule has 0 fully saturated rings. The van der Waals surface area contributed by atoms with Crippen molar-refractivity contribution in [3.8, 4) is 5.75 Å². The highest BCUT2D eigenvalue weighted by atomic mass is 79.9. The molecule has 0 aromatic heterocycles. The summed E-state index contributed by atoms with van der Waals surface area (Å²) in [6.07, 6.45) is -0.556. The molecule has 104 valence electrons. The molecule has 0 amide bonds. The van der Waals surface area contributed by atoms with Gasteiger partial charge in [-0.1, -0.05) is 22.0 Å². The molecule has 2 nitrogen and oxygen atoms in total. The third-order valence-corrected chi connectivity index (χ3v) is 4.49. The zero-order valence-electron chi connectivity index (χ0n) is 10.3. The van der Waals surface area contributed by atoms with Crippen molar-refractivity contribution in [2.75, 3.05) is 0 Å². The van der Waals surface area contributed by atoms with Crippen molar-refractivity contribution < 1.29 is 14.2 Å². The van der Waals surface area contributed by atoms with Crippen LogP contribution < -0.4 is 4.74 Å². The number of halogens is 3. The van der Waals surface area contributed by atoms with E-state index in [-0.39, 0.29) is 11.9 Å². The van der Waals surface area contributed by atoms with Gasteiger partial charge in [-0.15, -0.1) is 0 Å². The Kier molecular flexibility index (Phi) is 3.84. The largest absolute Gasteiger partial charge is 0.485 e. The minimum absolute atomic E-state index is 0.331. The highest BCUT2D eigenvalue weighted by molar-refractivity contribution is 9.10. The van der Waals surface area contributed by atoms with Crippen LogP contribution in [-0.2, 0) is 0 Å². The second kappa shape index (κ2) is 5.47. The molecule has 0 saturated carbocycles. The van der Waals surface area contributed by atoms with Gasteiger partial charge in [0, 0.05) is 16.5 Å². The average molecular weight is 402 g/mol. The summed E-state index contributed by atoms with van der Waals surface area (Å²) in [5.74, 6) is 0.308. The van der Waals surface area contributed by atoms with Crippen LogP contribution in [0.4, 0.5) is 4.39 Å². The molecule has 1 heterocycles. The molecule has 1 unspecified atom stereocenters. The van der Waals surface area contributed by atoms with Gasteiger partial charge in [-0.3, -0.25) is 0 Å². The Morgan fingerprint density at radius 2 is 1.95 bits per heavy atom. The highest BCUT2D eigenvalue weighted by Gasteiger charge is 2.28. The lowest BCUT2D eigenvalue weighted by Gasteiger charge is -2.30. The predicted molar refractivity (Wildman–Crippen MR) is 81.2 cm³/mol. The summed E-state index contributed by atoms with van der Waals surface area (Å²) in [6.45, 7) is 0. The van der Waals surface area contributed by atoms with Crippen LogP contribution in [-0.4, -0.2) is 5.11 Å². The van der Waals surface area contributed by atoms with Gasteiger partial charge in [0.15, 0.2) is 0 Å². The minimum Gasteiger partial charge on any atom is -0.485 e. The maximum atomic E-state index is 13.6. The van der Waals surface area contributed by atoms with Crippen molar-refractivity contribution in [3.63, 3.8) is 0 Å².